The molecule has 0 aliphatic heterocycles. The third-order valence-corrected chi connectivity index (χ3v) is 4.47. The molecule has 0 aliphatic rings. The van der Waals surface area contributed by atoms with Crippen LogP contribution in [0.4, 0.5) is 0 Å². The van der Waals surface area contributed by atoms with Crippen LogP contribution in [-0.2, 0) is 14.8 Å². The highest BCUT2D eigenvalue weighted by molar-refractivity contribution is 7.89. The number of carboxylic acids is 1. The van der Waals surface area contributed by atoms with Crippen LogP contribution in [0.1, 0.15) is 11.6 Å². The summed E-state index contributed by atoms with van der Waals surface area (Å²) in [5.74, 6) is -1.29. The van der Waals surface area contributed by atoms with E-state index in [1.54, 1.807) is 18.2 Å². The number of carboxylic acid groups (broad SMARTS) is 1. The quantitative estimate of drug-likeness (QED) is 0.884. The minimum absolute atomic E-state index is 0.00483. The van der Waals surface area contributed by atoms with Crippen LogP contribution >= 0.6 is 11.6 Å². The van der Waals surface area contributed by atoms with Crippen molar-refractivity contribution in [2.45, 2.75) is 10.9 Å². The number of carbonyl (C=O) groups is 1. The number of halogens is 1. The van der Waals surface area contributed by atoms with Gasteiger partial charge in [-0.05, 0) is 29.8 Å². The molecule has 0 spiro atoms. The first kappa shape index (κ1) is 15.5. The van der Waals surface area contributed by atoms with Crippen LogP contribution in [0.5, 0.6) is 0 Å². The predicted octanol–water partition coefficient (Wildman–Crippen LogP) is 2.44. The zero-order chi connectivity index (χ0) is 15.5. The molecule has 0 fully saturated rings. The van der Waals surface area contributed by atoms with Gasteiger partial charge in [-0.25, -0.2) is 8.42 Å². The van der Waals surface area contributed by atoms with Crippen molar-refractivity contribution in [3.05, 3.63) is 65.2 Å². The lowest BCUT2D eigenvalue weighted by Gasteiger charge is -2.15. The predicted molar refractivity (Wildman–Crippen MR) is 78.6 cm³/mol. The van der Waals surface area contributed by atoms with Crippen LogP contribution in [0.3, 0.4) is 0 Å². The molecular weight excluding hydrogens is 314 g/mol. The van der Waals surface area contributed by atoms with Gasteiger partial charge in [-0.15, -0.1) is 0 Å². The van der Waals surface area contributed by atoms with E-state index in [2.05, 4.69) is 4.72 Å². The Morgan fingerprint density at radius 3 is 2.14 bits per heavy atom. The molecule has 0 heterocycles. The second-order valence-corrected chi connectivity index (χ2v) is 6.41. The standard InChI is InChI=1S/C14H12ClNO4S/c15-11-8-6-10(7-9-11)13(14(17)18)16-21(19,20)12-4-2-1-3-5-12/h1-9,13,16H,(H,17,18)/t13-/m1/s1. The molecule has 0 radical (unpaired) electrons. The van der Waals surface area contributed by atoms with Crippen LogP contribution in [0.15, 0.2) is 59.5 Å². The smallest absolute Gasteiger partial charge is 0.326 e. The van der Waals surface area contributed by atoms with Gasteiger partial charge in [-0.1, -0.05) is 41.9 Å². The highest BCUT2D eigenvalue weighted by Crippen LogP contribution is 2.19. The van der Waals surface area contributed by atoms with Crippen molar-refractivity contribution in [1.29, 1.82) is 0 Å². The van der Waals surface area contributed by atoms with Crippen molar-refractivity contribution in [3.8, 4) is 0 Å². The summed E-state index contributed by atoms with van der Waals surface area (Å²) in [5.41, 5.74) is 0.298. The molecule has 0 saturated carbocycles. The topological polar surface area (TPSA) is 83.5 Å². The van der Waals surface area contributed by atoms with E-state index in [0.717, 1.165) is 0 Å². The van der Waals surface area contributed by atoms with Gasteiger partial charge in [0.05, 0.1) is 4.90 Å². The molecule has 0 saturated heterocycles. The van der Waals surface area contributed by atoms with Crippen LogP contribution < -0.4 is 4.72 Å². The first-order chi connectivity index (χ1) is 9.90. The summed E-state index contributed by atoms with van der Waals surface area (Å²) in [4.78, 5) is 11.3. The van der Waals surface area contributed by atoms with Crippen LogP contribution in [0.25, 0.3) is 0 Å². The molecule has 2 aromatic carbocycles. The summed E-state index contributed by atoms with van der Waals surface area (Å²) in [6.07, 6.45) is 0. The number of hydrogen-bond donors (Lipinski definition) is 2. The fourth-order valence-corrected chi connectivity index (χ4v) is 3.06. The number of hydrogen-bond acceptors (Lipinski definition) is 3. The molecule has 5 nitrogen and oxygen atoms in total. The molecule has 0 unspecified atom stereocenters. The molecule has 2 N–H and O–H groups in total. The summed E-state index contributed by atoms with van der Waals surface area (Å²) in [6.45, 7) is 0. The third kappa shape index (κ3) is 3.81. The van der Waals surface area contributed by atoms with Crippen molar-refractivity contribution in [2.24, 2.45) is 0 Å². The second kappa shape index (κ2) is 6.26. The molecule has 0 bridgehead atoms. The van der Waals surface area contributed by atoms with Crippen LogP contribution in [0, 0.1) is 0 Å². The molecule has 0 amide bonds. The lowest BCUT2D eigenvalue weighted by Crippen LogP contribution is -2.33. The van der Waals surface area contributed by atoms with Gasteiger partial charge in [0.25, 0.3) is 0 Å². The van der Waals surface area contributed by atoms with E-state index < -0.39 is 22.0 Å². The largest absolute Gasteiger partial charge is 0.480 e. The fourth-order valence-electron chi connectivity index (χ4n) is 1.74. The van der Waals surface area contributed by atoms with E-state index in [9.17, 15) is 18.3 Å². The van der Waals surface area contributed by atoms with Crippen molar-refractivity contribution in [1.82, 2.24) is 4.72 Å². The van der Waals surface area contributed by atoms with Crippen molar-refractivity contribution in [3.63, 3.8) is 0 Å². The maximum absolute atomic E-state index is 12.2. The van der Waals surface area contributed by atoms with Crippen LogP contribution in [-0.4, -0.2) is 19.5 Å². The Balaban J connectivity index is 2.33. The lowest BCUT2D eigenvalue weighted by atomic mass is 10.1. The summed E-state index contributed by atoms with van der Waals surface area (Å²) < 4.78 is 26.5. The normalized spacial score (nSPS) is 12.8. The third-order valence-electron chi connectivity index (χ3n) is 2.78. The summed E-state index contributed by atoms with van der Waals surface area (Å²) in [5, 5.41) is 9.69. The Labute approximate surface area is 127 Å². The van der Waals surface area contributed by atoms with Gasteiger partial charge in [0.1, 0.15) is 6.04 Å². The van der Waals surface area contributed by atoms with Gasteiger partial charge in [0.15, 0.2) is 0 Å². The Morgan fingerprint density at radius 2 is 1.62 bits per heavy atom. The monoisotopic (exact) mass is 325 g/mol. The SMILES string of the molecule is O=C(O)[C@H](NS(=O)(=O)c1ccccc1)c1ccc(Cl)cc1. The molecule has 21 heavy (non-hydrogen) atoms. The Bertz CT molecular complexity index is 729. The van der Waals surface area contributed by atoms with Gasteiger partial charge in [-0.2, -0.15) is 4.72 Å². The number of nitrogens with one attached hydrogen (secondary N) is 1. The average Bonchev–Trinajstić information content (AvgIpc) is 2.47. The maximum Gasteiger partial charge on any atom is 0.326 e. The summed E-state index contributed by atoms with van der Waals surface area (Å²) in [6, 6.07) is 12.1. The Hall–Kier alpha value is -1.89. The van der Waals surface area contributed by atoms with E-state index in [4.69, 9.17) is 11.6 Å². The van der Waals surface area contributed by atoms with E-state index in [0.29, 0.717) is 10.6 Å². The van der Waals surface area contributed by atoms with Gasteiger partial charge >= 0.3 is 5.97 Å². The van der Waals surface area contributed by atoms with Gasteiger partial charge < -0.3 is 5.11 Å². The molecule has 2 aromatic rings. The number of aliphatic carboxylic acids is 1. The Morgan fingerprint density at radius 1 is 1.05 bits per heavy atom. The van der Waals surface area contributed by atoms with E-state index in [1.807, 2.05) is 0 Å². The van der Waals surface area contributed by atoms with Crippen molar-refractivity contribution < 1.29 is 18.3 Å². The van der Waals surface area contributed by atoms with E-state index in [-0.39, 0.29) is 4.90 Å². The minimum Gasteiger partial charge on any atom is -0.480 e. The molecule has 1 atom stereocenters. The summed E-state index contributed by atoms with van der Waals surface area (Å²) >= 11 is 5.74. The number of rotatable bonds is 5. The number of benzene rings is 2. The highest BCUT2D eigenvalue weighted by Gasteiger charge is 2.26. The zero-order valence-corrected chi connectivity index (χ0v) is 12.3. The second-order valence-electron chi connectivity index (χ2n) is 4.26. The first-order valence-corrected chi connectivity index (χ1v) is 7.82. The van der Waals surface area contributed by atoms with Gasteiger partial charge in [0, 0.05) is 5.02 Å². The summed E-state index contributed by atoms with van der Waals surface area (Å²) in [7, 11) is -3.93. The Kier molecular flexibility index (Phi) is 4.62. The average molecular weight is 326 g/mol. The molecule has 7 heteroatoms. The first-order valence-electron chi connectivity index (χ1n) is 5.96. The van der Waals surface area contributed by atoms with Crippen LogP contribution in [0.2, 0.25) is 5.02 Å². The highest BCUT2D eigenvalue weighted by atomic mass is 35.5. The molecule has 2 rings (SSSR count). The molecule has 110 valence electrons. The zero-order valence-electron chi connectivity index (χ0n) is 10.7. The minimum atomic E-state index is -3.93. The molecular formula is C14H12ClNO4S. The molecule has 0 aromatic heterocycles. The van der Waals surface area contributed by atoms with E-state index in [1.165, 1.54) is 36.4 Å². The fraction of sp³-hybridized carbons (Fsp3) is 0.0714. The van der Waals surface area contributed by atoms with Crippen molar-refractivity contribution >= 4 is 27.6 Å². The molecule has 0 aliphatic carbocycles. The van der Waals surface area contributed by atoms with E-state index >= 15 is 0 Å². The van der Waals surface area contributed by atoms with Gasteiger partial charge in [0.2, 0.25) is 10.0 Å². The number of sulfonamides is 1. The van der Waals surface area contributed by atoms with Gasteiger partial charge in [-0.3, -0.25) is 4.79 Å². The lowest BCUT2D eigenvalue weighted by molar-refractivity contribution is -0.139. The van der Waals surface area contributed by atoms with Crippen molar-refractivity contribution in [2.75, 3.05) is 0 Å². The maximum atomic E-state index is 12.2.